The number of pyridine rings is 1. The highest BCUT2D eigenvalue weighted by atomic mass is 32.2. The summed E-state index contributed by atoms with van der Waals surface area (Å²) in [5.74, 6) is -1.38. The van der Waals surface area contributed by atoms with Gasteiger partial charge in [0, 0.05) is 31.4 Å². The topological polar surface area (TPSA) is 108 Å². The zero-order chi connectivity index (χ0) is 16.5. The van der Waals surface area contributed by atoms with Crippen molar-refractivity contribution in [2.75, 3.05) is 14.1 Å². The Morgan fingerprint density at radius 1 is 1.23 bits per heavy atom. The monoisotopic (exact) mass is 322 g/mol. The van der Waals surface area contributed by atoms with Crippen molar-refractivity contribution in [3.63, 3.8) is 0 Å². The summed E-state index contributed by atoms with van der Waals surface area (Å²) < 4.78 is 25.8. The first kappa shape index (κ1) is 15.9. The second kappa shape index (κ2) is 5.74. The molecule has 1 heterocycles. The maximum Gasteiger partial charge on any atom is 0.341 e. The first-order valence-electron chi connectivity index (χ1n) is 6.23. The standard InChI is InChI=1S/C14H14N2O5S/c1-16(2)22(20,21)12-6-4-3-5-10(12)9-7-11(14(18)19)13(17)15-8-9/h3-8H,1-2H3,(H,15,17)(H,18,19). The van der Waals surface area contributed by atoms with E-state index in [0.29, 0.717) is 11.1 Å². The fraction of sp³-hybridized carbons (Fsp3) is 0.143. The number of aromatic nitrogens is 1. The maximum atomic E-state index is 12.3. The molecular formula is C14H14N2O5S. The Kier molecular flexibility index (Phi) is 4.16. The number of aromatic amines is 1. The van der Waals surface area contributed by atoms with Gasteiger partial charge in [-0.25, -0.2) is 17.5 Å². The van der Waals surface area contributed by atoms with Crippen molar-refractivity contribution < 1.29 is 18.3 Å². The number of nitrogens with zero attached hydrogens (tertiary/aromatic N) is 1. The largest absolute Gasteiger partial charge is 0.477 e. The minimum atomic E-state index is -3.71. The summed E-state index contributed by atoms with van der Waals surface area (Å²) in [6.07, 6.45) is 1.29. The molecule has 8 heteroatoms. The number of aromatic carboxylic acids is 1. The predicted molar refractivity (Wildman–Crippen MR) is 80.3 cm³/mol. The third-order valence-corrected chi connectivity index (χ3v) is 4.96. The van der Waals surface area contributed by atoms with E-state index in [4.69, 9.17) is 5.11 Å². The Morgan fingerprint density at radius 2 is 1.86 bits per heavy atom. The highest BCUT2D eigenvalue weighted by Crippen LogP contribution is 2.28. The number of H-pyrrole nitrogens is 1. The van der Waals surface area contributed by atoms with Crippen LogP contribution in [0, 0.1) is 0 Å². The van der Waals surface area contributed by atoms with Crippen molar-refractivity contribution >= 4 is 16.0 Å². The highest BCUT2D eigenvalue weighted by molar-refractivity contribution is 7.89. The smallest absolute Gasteiger partial charge is 0.341 e. The van der Waals surface area contributed by atoms with Crippen molar-refractivity contribution in [1.82, 2.24) is 9.29 Å². The van der Waals surface area contributed by atoms with Gasteiger partial charge in [0.2, 0.25) is 10.0 Å². The summed E-state index contributed by atoms with van der Waals surface area (Å²) in [5.41, 5.74) is -0.577. The summed E-state index contributed by atoms with van der Waals surface area (Å²) in [5, 5.41) is 9.01. The van der Waals surface area contributed by atoms with Crippen LogP contribution >= 0.6 is 0 Å². The Hall–Kier alpha value is -2.45. The molecule has 0 spiro atoms. The van der Waals surface area contributed by atoms with Gasteiger partial charge in [0.15, 0.2) is 0 Å². The van der Waals surface area contributed by atoms with Crippen LogP contribution in [0.1, 0.15) is 10.4 Å². The van der Waals surface area contributed by atoms with E-state index in [-0.39, 0.29) is 4.90 Å². The number of rotatable bonds is 4. The Balaban J connectivity index is 2.73. The number of benzene rings is 1. The zero-order valence-corrected chi connectivity index (χ0v) is 12.7. The summed E-state index contributed by atoms with van der Waals surface area (Å²) >= 11 is 0. The van der Waals surface area contributed by atoms with Crippen LogP contribution in [0.3, 0.4) is 0 Å². The average Bonchev–Trinajstić information content (AvgIpc) is 2.47. The number of hydrogen-bond acceptors (Lipinski definition) is 4. The number of carbonyl (C=O) groups is 1. The summed E-state index contributed by atoms with van der Waals surface area (Å²) in [6.45, 7) is 0. The molecule has 22 heavy (non-hydrogen) atoms. The Morgan fingerprint density at radius 3 is 2.45 bits per heavy atom. The van der Waals surface area contributed by atoms with Crippen LogP contribution in [0.4, 0.5) is 0 Å². The molecule has 2 rings (SSSR count). The molecule has 0 aliphatic carbocycles. The van der Waals surface area contributed by atoms with E-state index < -0.39 is 27.1 Å². The molecule has 0 amide bonds. The van der Waals surface area contributed by atoms with Gasteiger partial charge in [0.1, 0.15) is 5.56 Å². The minimum absolute atomic E-state index is 0.0309. The molecule has 116 valence electrons. The minimum Gasteiger partial charge on any atom is -0.477 e. The van der Waals surface area contributed by atoms with Crippen LogP contribution in [0.15, 0.2) is 46.2 Å². The van der Waals surface area contributed by atoms with Crippen LogP contribution < -0.4 is 5.56 Å². The van der Waals surface area contributed by atoms with Crippen molar-refractivity contribution in [2.45, 2.75) is 4.90 Å². The number of sulfonamides is 1. The number of hydrogen-bond donors (Lipinski definition) is 2. The lowest BCUT2D eigenvalue weighted by Gasteiger charge is -2.15. The molecule has 0 saturated carbocycles. The molecule has 0 aliphatic heterocycles. The van der Waals surface area contributed by atoms with E-state index in [1.54, 1.807) is 18.2 Å². The van der Waals surface area contributed by atoms with Gasteiger partial charge in [-0.05, 0) is 12.1 Å². The second-order valence-electron chi connectivity index (χ2n) is 4.72. The van der Waals surface area contributed by atoms with Crippen LogP contribution in [0.5, 0.6) is 0 Å². The average molecular weight is 322 g/mol. The Labute approximate surface area is 126 Å². The molecule has 2 aromatic rings. The Bertz CT molecular complexity index is 884. The van der Waals surface area contributed by atoms with E-state index in [2.05, 4.69) is 4.98 Å². The third kappa shape index (κ3) is 2.78. The lowest BCUT2D eigenvalue weighted by atomic mass is 10.1. The molecule has 2 N–H and O–H groups in total. The normalized spacial score (nSPS) is 11.6. The number of nitrogens with one attached hydrogen (secondary N) is 1. The van der Waals surface area contributed by atoms with Crippen molar-refractivity contribution in [3.05, 3.63) is 52.4 Å². The summed E-state index contributed by atoms with van der Waals surface area (Å²) in [6, 6.07) is 7.34. The predicted octanol–water partition coefficient (Wildman–Crippen LogP) is 0.990. The van der Waals surface area contributed by atoms with E-state index >= 15 is 0 Å². The van der Waals surface area contributed by atoms with Crippen LogP contribution in [-0.4, -0.2) is 42.9 Å². The molecule has 0 unspecified atom stereocenters. The lowest BCUT2D eigenvalue weighted by molar-refractivity contribution is 0.0695. The first-order valence-corrected chi connectivity index (χ1v) is 7.67. The van der Waals surface area contributed by atoms with Gasteiger partial charge in [-0.15, -0.1) is 0 Å². The molecule has 0 atom stereocenters. The molecule has 0 fully saturated rings. The fourth-order valence-electron chi connectivity index (χ4n) is 1.92. The quantitative estimate of drug-likeness (QED) is 0.873. The first-order chi connectivity index (χ1) is 10.2. The molecule has 0 aliphatic rings. The van der Waals surface area contributed by atoms with Crippen molar-refractivity contribution in [1.29, 1.82) is 0 Å². The SMILES string of the molecule is CN(C)S(=O)(=O)c1ccccc1-c1c[nH]c(=O)c(C(=O)O)c1. The number of carboxylic acid groups (broad SMARTS) is 1. The van der Waals surface area contributed by atoms with E-state index in [9.17, 15) is 18.0 Å². The van der Waals surface area contributed by atoms with Gasteiger partial charge in [0.05, 0.1) is 4.90 Å². The van der Waals surface area contributed by atoms with Crippen LogP contribution in [-0.2, 0) is 10.0 Å². The van der Waals surface area contributed by atoms with Crippen LogP contribution in [0.2, 0.25) is 0 Å². The molecule has 1 aromatic heterocycles. The van der Waals surface area contributed by atoms with Gasteiger partial charge >= 0.3 is 5.97 Å². The van der Waals surface area contributed by atoms with E-state index in [1.165, 1.54) is 26.4 Å². The van der Waals surface area contributed by atoms with Gasteiger partial charge in [-0.2, -0.15) is 0 Å². The zero-order valence-electron chi connectivity index (χ0n) is 11.9. The molecule has 1 aromatic carbocycles. The van der Waals surface area contributed by atoms with E-state index in [0.717, 1.165) is 10.4 Å². The fourth-order valence-corrected chi connectivity index (χ4v) is 3.03. The molecule has 7 nitrogen and oxygen atoms in total. The van der Waals surface area contributed by atoms with E-state index in [1.807, 2.05) is 0 Å². The lowest BCUT2D eigenvalue weighted by Crippen LogP contribution is -2.23. The maximum absolute atomic E-state index is 12.3. The van der Waals surface area contributed by atoms with Gasteiger partial charge in [0.25, 0.3) is 5.56 Å². The van der Waals surface area contributed by atoms with Gasteiger partial charge < -0.3 is 10.1 Å². The third-order valence-electron chi connectivity index (χ3n) is 3.09. The number of carboxylic acids is 1. The van der Waals surface area contributed by atoms with Gasteiger partial charge in [-0.1, -0.05) is 18.2 Å². The molecule has 0 saturated heterocycles. The van der Waals surface area contributed by atoms with Gasteiger partial charge in [-0.3, -0.25) is 4.79 Å². The summed E-state index contributed by atoms with van der Waals surface area (Å²) in [4.78, 5) is 24.9. The molecule has 0 bridgehead atoms. The van der Waals surface area contributed by atoms with Crippen LogP contribution in [0.25, 0.3) is 11.1 Å². The van der Waals surface area contributed by atoms with Crippen molar-refractivity contribution in [2.24, 2.45) is 0 Å². The molecule has 0 radical (unpaired) electrons. The van der Waals surface area contributed by atoms with Crippen molar-refractivity contribution in [3.8, 4) is 11.1 Å². The second-order valence-corrected chi connectivity index (χ2v) is 6.84. The highest BCUT2D eigenvalue weighted by Gasteiger charge is 2.22. The molecular weight excluding hydrogens is 308 g/mol. The summed E-state index contributed by atoms with van der Waals surface area (Å²) in [7, 11) is -0.896.